The molecule has 0 aliphatic rings. The van der Waals surface area contributed by atoms with E-state index in [1.807, 2.05) is 6.92 Å². The molecule has 9 heteroatoms. The lowest BCUT2D eigenvalue weighted by atomic mass is 10.1. The van der Waals surface area contributed by atoms with Gasteiger partial charge in [0.15, 0.2) is 6.10 Å². The maximum atomic E-state index is 13.3. The van der Waals surface area contributed by atoms with Gasteiger partial charge in [0.05, 0.1) is 29.8 Å². The van der Waals surface area contributed by atoms with Gasteiger partial charge in [0, 0.05) is 4.90 Å². The number of benzene rings is 2. The van der Waals surface area contributed by atoms with Gasteiger partial charge in [-0.05, 0) is 67.8 Å². The van der Waals surface area contributed by atoms with E-state index in [0.717, 1.165) is 37.7 Å². The zero-order valence-electron chi connectivity index (χ0n) is 24.9. The van der Waals surface area contributed by atoms with Crippen LogP contribution in [0.4, 0.5) is 13.2 Å². The Hall–Kier alpha value is -2.68. The molecule has 42 heavy (non-hydrogen) atoms. The number of carbonyl (C=O) groups is 2. The van der Waals surface area contributed by atoms with Crippen molar-refractivity contribution in [1.29, 1.82) is 0 Å². The van der Waals surface area contributed by atoms with Gasteiger partial charge < -0.3 is 13.7 Å². The minimum absolute atomic E-state index is 0.00789. The summed E-state index contributed by atoms with van der Waals surface area (Å²) in [5, 5.41) is 0. The van der Waals surface area contributed by atoms with Crippen LogP contribution >= 0.6 is 12.0 Å². The quantitative estimate of drug-likeness (QED) is 0.0796. The third-order valence-corrected chi connectivity index (χ3v) is 7.54. The molecule has 1 atom stereocenters. The Bertz CT molecular complexity index is 1030. The van der Waals surface area contributed by atoms with Crippen molar-refractivity contribution in [3.63, 3.8) is 0 Å². The van der Waals surface area contributed by atoms with Crippen molar-refractivity contribution in [3.05, 3.63) is 59.7 Å². The van der Waals surface area contributed by atoms with Gasteiger partial charge in [0.1, 0.15) is 5.75 Å². The molecule has 2 aromatic carbocycles. The second-order valence-electron chi connectivity index (χ2n) is 10.5. The average molecular weight is 611 g/mol. The summed E-state index contributed by atoms with van der Waals surface area (Å²) in [5.41, 5.74) is 0.349. The molecule has 2 aromatic rings. The molecular formula is C33H45F3O5S. The second kappa shape index (κ2) is 20.3. The predicted molar refractivity (Wildman–Crippen MR) is 161 cm³/mol. The van der Waals surface area contributed by atoms with Gasteiger partial charge >= 0.3 is 18.1 Å². The van der Waals surface area contributed by atoms with Crippen LogP contribution in [0.3, 0.4) is 0 Å². The van der Waals surface area contributed by atoms with Crippen molar-refractivity contribution in [1.82, 2.24) is 0 Å². The first kappa shape index (κ1) is 35.5. The number of hydrogen-bond acceptors (Lipinski definition) is 6. The highest BCUT2D eigenvalue weighted by Crippen LogP contribution is 2.29. The number of unbranched alkanes of at least 4 members (excludes halogenated alkanes) is 11. The van der Waals surface area contributed by atoms with Crippen LogP contribution in [-0.2, 0) is 8.92 Å². The fourth-order valence-corrected chi connectivity index (χ4v) is 4.83. The van der Waals surface area contributed by atoms with Crippen LogP contribution < -0.4 is 4.74 Å². The van der Waals surface area contributed by atoms with E-state index in [2.05, 4.69) is 6.92 Å². The van der Waals surface area contributed by atoms with Gasteiger partial charge in [-0.1, -0.05) is 84.5 Å². The Labute approximate surface area is 253 Å². The minimum atomic E-state index is -4.62. The molecule has 0 fully saturated rings. The summed E-state index contributed by atoms with van der Waals surface area (Å²) in [6.07, 6.45) is 6.92. The normalized spacial score (nSPS) is 12.1. The molecule has 0 aliphatic carbocycles. The van der Waals surface area contributed by atoms with Crippen molar-refractivity contribution in [2.45, 2.75) is 121 Å². The first-order valence-corrected chi connectivity index (χ1v) is 16.0. The molecule has 0 bridgehead atoms. The molecule has 0 spiro atoms. The van der Waals surface area contributed by atoms with Crippen molar-refractivity contribution in [3.8, 4) is 5.75 Å². The zero-order valence-corrected chi connectivity index (χ0v) is 25.7. The fraction of sp³-hybridized carbons (Fsp3) is 0.576. The molecular weight excluding hydrogens is 565 g/mol. The molecule has 234 valence electrons. The van der Waals surface area contributed by atoms with E-state index in [-0.39, 0.29) is 12.0 Å². The third-order valence-electron chi connectivity index (χ3n) is 6.84. The number of esters is 1. The lowest BCUT2D eigenvalue weighted by molar-refractivity contribution is -0.206. The number of hydrogen-bond donors (Lipinski definition) is 0. The molecule has 0 aliphatic heterocycles. The van der Waals surface area contributed by atoms with E-state index in [9.17, 15) is 22.8 Å². The van der Waals surface area contributed by atoms with Gasteiger partial charge in [0.2, 0.25) is 0 Å². The molecule has 0 radical (unpaired) electrons. The van der Waals surface area contributed by atoms with E-state index < -0.39 is 24.2 Å². The Kier molecular flexibility index (Phi) is 17.1. The smallest absolute Gasteiger partial charge is 0.425 e. The highest BCUT2D eigenvalue weighted by atomic mass is 32.2. The predicted octanol–water partition coefficient (Wildman–Crippen LogP) is 10.5. The lowest BCUT2D eigenvalue weighted by Gasteiger charge is -2.20. The van der Waals surface area contributed by atoms with E-state index in [4.69, 9.17) is 13.7 Å². The molecule has 0 amide bonds. The van der Waals surface area contributed by atoms with Gasteiger partial charge in [-0.15, -0.1) is 0 Å². The Morgan fingerprint density at radius 3 is 1.76 bits per heavy atom. The summed E-state index contributed by atoms with van der Waals surface area (Å²) in [4.78, 5) is 25.3. The van der Waals surface area contributed by atoms with E-state index in [0.29, 0.717) is 35.7 Å². The summed E-state index contributed by atoms with van der Waals surface area (Å²) in [6.45, 7) is 4.83. The Morgan fingerprint density at radius 2 is 1.19 bits per heavy atom. The lowest BCUT2D eigenvalue weighted by Crippen LogP contribution is -2.33. The molecule has 0 saturated heterocycles. The molecule has 5 nitrogen and oxygen atoms in total. The minimum Gasteiger partial charge on any atom is -0.494 e. The maximum absolute atomic E-state index is 13.3. The SMILES string of the molecule is CCCCCCCCCCCOc1ccc(C(=O)OSc2ccc(C(=O)OC(CCCCCC)C(F)(F)F)cc2)cc1. The summed E-state index contributed by atoms with van der Waals surface area (Å²) < 4.78 is 55.8. The van der Waals surface area contributed by atoms with E-state index in [1.165, 1.54) is 69.2 Å². The summed E-state index contributed by atoms with van der Waals surface area (Å²) in [6, 6.07) is 12.4. The summed E-state index contributed by atoms with van der Waals surface area (Å²) in [5.74, 6) is -0.901. The third kappa shape index (κ3) is 14.5. The monoisotopic (exact) mass is 610 g/mol. The Balaban J connectivity index is 1.71. The van der Waals surface area contributed by atoms with Crippen LogP contribution in [-0.4, -0.2) is 30.8 Å². The average Bonchev–Trinajstić information content (AvgIpc) is 2.98. The molecule has 0 heterocycles. The molecule has 1 unspecified atom stereocenters. The highest BCUT2D eigenvalue weighted by molar-refractivity contribution is 7.95. The summed E-state index contributed by atoms with van der Waals surface area (Å²) in [7, 11) is 0. The van der Waals surface area contributed by atoms with Gasteiger partial charge in [-0.25, -0.2) is 9.59 Å². The Morgan fingerprint density at radius 1 is 0.690 bits per heavy atom. The first-order chi connectivity index (χ1) is 20.2. The standard InChI is InChI=1S/C33H45F3O5S/c1-3-5-7-9-10-11-12-13-15-25-39-28-21-17-27(18-22-28)32(38)41-42-29-23-19-26(20-24-29)31(37)40-30(33(34,35)36)16-14-8-6-4-2/h17-24,30H,3-16,25H2,1-2H3. The zero-order chi connectivity index (χ0) is 30.6. The van der Waals surface area contributed by atoms with E-state index >= 15 is 0 Å². The van der Waals surface area contributed by atoms with Gasteiger partial charge in [-0.2, -0.15) is 13.2 Å². The first-order valence-electron chi connectivity index (χ1n) is 15.2. The van der Waals surface area contributed by atoms with E-state index in [1.54, 1.807) is 24.3 Å². The van der Waals surface area contributed by atoms with Crippen molar-refractivity contribution in [2.24, 2.45) is 0 Å². The van der Waals surface area contributed by atoms with Crippen LogP contribution in [0.5, 0.6) is 5.75 Å². The van der Waals surface area contributed by atoms with Crippen LogP contribution in [0.25, 0.3) is 0 Å². The number of ether oxygens (including phenoxy) is 2. The van der Waals surface area contributed by atoms with Crippen LogP contribution in [0.1, 0.15) is 124 Å². The molecule has 0 N–H and O–H groups in total. The van der Waals surface area contributed by atoms with Crippen molar-refractivity contribution in [2.75, 3.05) is 6.61 Å². The topological polar surface area (TPSA) is 61.8 Å². The number of rotatable bonds is 21. The molecule has 0 aromatic heterocycles. The maximum Gasteiger partial charge on any atom is 0.425 e. The number of carbonyl (C=O) groups excluding carboxylic acids is 2. The highest BCUT2D eigenvalue weighted by Gasteiger charge is 2.42. The number of halogens is 3. The number of alkyl halides is 3. The largest absolute Gasteiger partial charge is 0.494 e. The van der Waals surface area contributed by atoms with Gasteiger partial charge in [0.25, 0.3) is 0 Å². The van der Waals surface area contributed by atoms with Crippen LogP contribution in [0, 0.1) is 0 Å². The van der Waals surface area contributed by atoms with Crippen molar-refractivity contribution < 1.29 is 36.4 Å². The second-order valence-corrected chi connectivity index (χ2v) is 11.3. The van der Waals surface area contributed by atoms with Gasteiger partial charge in [-0.3, -0.25) is 0 Å². The summed E-state index contributed by atoms with van der Waals surface area (Å²) >= 11 is 0.797. The fourth-order valence-electron chi connectivity index (χ4n) is 4.31. The van der Waals surface area contributed by atoms with Crippen molar-refractivity contribution >= 4 is 24.0 Å². The molecule has 2 rings (SSSR count). The van der Waals surface area contributed by atoms with Crippen LogP contribution in [0.2, 0.25) is 0 Å². The van der Waals surface area contributed by atoms with Crippen LogP contribution in [0.15, 0.2) is 53.4 Å². The molecule has 0 saturated carbocycles.